The van der Waals surface area contributed by atoms with Gasteiger partial charge < -0.3 is 10.4 Å². The lowest BCUT2D eigenvalue weighted by Gasteiger charge is -2.19. The van der Waals surface area contributed by atoms with E-state index in [0.29, 0.717) is 20.5 Å². The molecule has 1 unspecified atom stereocenters. The number of amides is 1. The predicted molar refractivity (Wildman–Crippen MR) is 90.0 cm³/mol. The van der Waals surface area contributed by atoms with Crippen LogP contribution in [0.1, 0.15) is 21.7 Å². The second kappa shape index (κ2) is 5.35. The largest absolute Gasteiger partial charge is 0.375 e. The van der Waals surface area contributed by atoms with Gasteiger partial charge in [-0.05, 0) is 52.9 Å². The number of benzene rings is 1. The zero-order valence-electron chi connectivity index (χ0n) is 10.5. The van der Waals surface area contributed by atoms with Crippen molar-refractivity contribution < 1.29 is 14.7 Å². The molecule has 7 heteroatoms. The number of carbonyl (C=O) groups excluding carboxylic acids is 2. The van der Waals surface area contributed by atoms with Crippen LogP contribution in [-0.2, 0) is 10.4 Å². The van der Waals surface area contributed by atoms with Crippen LogP contribution in [0.15, 0.2) is 30.3 Å². The van der Waals surface area contributed by atoms with Crippen LogP contribution in [0.25, 0.3) is 0 Å². The van der Waals surface area contributed by atoms with Crippen molar-refractivity contribution in [3.63, 3.8) is 0 Å². The maximum absolute atomic E-state index is 12.3. The molecule has 21 heavy (non-hydrogen) atoms. The van der Waals surface area contributed by atoms with Gasteiger partial charge in [-0.1, -0.05) is 11.6 Å². The van der Waals surface area contributed by atoms with Gasteiger partial charge in [-0.15, -0.1) is 11.3 Å². The first-order valence-corrected chi connectivity index (χ1v) is 8.30. The van der Waals surface area contributed by atoms with Gasteiger partial charge in [-0.2, -0.15) is 0 Å². The minimum absolute atomic E-state index is 0.303. The Morgan fingerprint density at radius 3 is 2.81 bits per heavy atom. The molecule has 0 saturated heterocycles. The Morgan fingerprint density at radius 1 is 1.38 bits per heavy atom. The average molecular weight is 434 g/mol. The second-order valence-corrected chi connectivity index (χ2v) is 7.67. The molecule has 2 aromatic rings. The Balaban J connectivity index is 1.96. The third-order valence-corrected chi connectivity index (χ3v) is 5.26. The maximum Gasteiger partial charge on any atom is 0.261 e. The molecule has 108 valence electrons. The van der Waals surface area contributed by atoms with Crippen molar-refractivity contribution in [3.8, 4) is 0 Å². The Labute approximate surface area is 143 Å². The van der Waals surface area contributed by atoms with E-state index in [1.807, 2.05) is 6.07 Å². The van der Waals surface area contributed by atoms with E-state index in [0.717, 1.165) is 14.9 Å². The van der Waals surface area contributed by atoms with Crippen LogP contribution < -0.4 is 5.32 Å². The van der Waals surface area contributed by atoms with E-state index in [1.54, 1.807) is 24.3 Å². The van der Waals surface area contributed by atoms with Gasteiger partial charge in [0.1, 0.15) is 0 Å². The van der Waals surface area contributed by atoms with E-state index < -0.39 is 11.5 Å². The summed E-state index contributed by atoms with van der Waals surface area (Å²) in [6.45, 7) is 0. The fourth-order valence-electron chi connectivity index (χ4n) is 2.27. The summed E-state index contributed by atoms with van der Waals surface area (Å²) in [4.78, 5) is 24.8. The lowest BCUT2D eigenvalue weighted by molar-refractivity contribution is -0.133. The summed E-state index contributed by atoms with van der Waals surface area (Å²) in [6, 6.07) is 8.48. The van der Waals surface area contributed by atoms with Crippen molar-refractivity contribution >= 4 is 62.9 Å². The molecule has 0 aliphatic carbocycles. The molecule has 1 amide bonds. The SMILES string of the molecule is O=C(CC1(O)C(=O)Nc2ccc(I)cc21)c1ccc(Cl)s1. The van der Waals surface area contributed by atoms with Gasteiger partial charge in [-0.25, -0.2) is 0 Å². The summed E-state index contributed by atoms with van der Waals surface area (Å²) in [5.41, 5.74) is -0.848. The summed E-state index contributed by atoms with van der Waals surface area (Å²) >= 11 is 9.04. The summed E-state index contributed by atoms with van der Waals surface area (Å²) in [5, 5.41) is 13.3. The fraction of sp³-hybridized carbons (Fsp3) is 0.143. The second-order valence-electron chi connectivity index (χ2n) is 4.71. The number of anilines is 1. The first-order chi connectivity index (χ1) is 9.90. The molecule has 3 rings (SSSR count). The van der Waals surface area contributed by atoms with Crippen LogP contribution in [0.2, 0.25) is 4.34 Å². The Kier molecular flexibility index (Phi) is 3.81. The Bertz CT molecular complexity index is 760. The van der Waals surface area contributed by atoms with Crippen molar-refractivity contribution in [1.82, 2.24) is 0 Å². The smallest absolute Gasteiger partial charge is 0.261 e. The minimum atomic E-state index is -1.83. The number of fused-ring (bicyclic) bond motifs is 1. The number of hydrogen-bond donors (Lipinski definition) is 2. The molecule has 1 aromatic carbocycles. The molecule has 0 saturated carbocycles. The van der Waals surface area contributed by atoms with E-state index in [2.05, 4.69) is 27.9 Å². The van der Waals surface area contributed by atoms with Crippen LogP contribution in [0, 0.1) is 3.57 Å². The highest BCUT2D eigenvalue weighted by molar-refractivity contribution is 14.1. The van der Waals surface area contributed by atoms with Crippen molar-refractivity contribution in [2.24, 2.45) is 0 Å². The lowest BCUT2D eigenvalue weighted by atomic mass is 9.89. The first kappa shape index (κ1) is 15.0. The van der Waals surface area contributed by atoms with Gasteiger partial charge in [0.25, 0.3) is 5.91 Å². The molecule has 1 aliphatic heterocycles. The highest BCUT2D eigenvalue weighted by Crippen LogP contribution is 2.40. The van der Waals surface area contributed by atoms with Crippen LogP contribution in [0.3, 0.4) is 0 Å². The third-order valence-electron chi connectivity index (χ3n) is 3.32. The number of thiophene rings is 1. The molecule has 2 heterocycles. The predicted octanol–water partition coefficient (Wildman–Crippen LogP) is 3.42. The number of nitrogens with one attached hydrogen (secondary N) is 1. The average Bonchev–Trinajstić information content (AvgIpc) is 2.95. The highest BCUT2D eigenvalue weighted by Gasteiger charge is 2.47. The van der Waals surface area contributed by atoms with Crippen molar-refractivity contribution in [2.45, 2.75) is 12.0 Å². The number of carbonyl (C=O) groups is 2. The van der Waals surface area contributed by atoms with Crippen LogP contribution in [0.5, 0.6) is 0 Å². The number of hydrogen-bond acceptors (Lipinski definition) is 4. The number of halogens is 2. The van der Waals surface area contributed by atoms with E-state index in [1.165, 1.54) is 0 Å². The Hall–Kier alpha value is -0.960. The minimum Gasteiger partial charge on any atom is -0.375 e. The van der Waals surface area contributed by atoms with E-state index in [9.17, 15) is 14.7 Å². The summed E-state index contributed by atoms with van der Waals surface area (Å²) in [6.07, 6.45) is -0.303. The molecule has 0 fully saturated rings. The van der Waals surface area contributed by atoms with Crippen LogP contribution >= 0.6 is 45.5 Å². The molecule has 2 N–H and O–H groups in total. The van der Waals surface area contributed by atoms with Gasteiger partial charge in [0.05, 0.1) is 15.6 Å². The van der Waals surface area contributed by atoms with Gasteiger partial charge >= 0.3 is 0 Å². The van der Waals surface area contributed by atoms with Crippen molar-refractivity contribution in [3.05, 3.63) is 48.7 Å². The molecule has 1 atom stereocenters. The van der Waals surface area contributed by atoms with Crippen LogP contribution in [-0.4, -0.2) is 16.8 Å². The normalized spacial score (nSPS) is 20.2. The Morgan fingerprint density at radius 2 is 2.14 bits per heavy atom. The number of ketones is 1. The van der Waals surface area contributed by atoms with E-state index >= 15 is 0 Å². The number of rotatable bonds is 3. The first-order valence-electron chi connectivity index (χ1n) is 6.02. The number of Topliss-reactive ketones (excluding diaryl/α,β-unsaturated/α-hetero) is 1. The molecular weight excluding hydrogens is 425 g/mol. The summed E-state index contributed by atoms with van der Waals surface area (Å²) < 4.78 is 1.38. The molecule has 1 aromatic heterocycles. The molecule has 0 radical (unpaired) electrons. The highest BCUT2D eigenvalue weighted by atomic mass is 127. The van der Waals surface area contributed by atoms with Gasteiger partial charge in [0, 0.05) is 14.8 Å². The molecular formula is C14H9ClINO3S. The fourth-order valence-corrected chi connectivity index (χ4v) is 3.75. The standard InChI is InChI=1S/C14H9ClINO3S/c15-12-4-3-11(21-12)10(18)6-14(20)8-5-7(16)1-2-9(8)17-13(14)19/h1-5,20H,6H2,(H,17,19). The van der Waals surface area contributed by atoms with Crippen molar-refractivity contribution in [2.75, 3.05) is 5.32 Å². The third kappa shape index (κ3) is 2.61. The maximum atomic E-state index is 12.3. The van der Waals surface area contributed by atoms with Gasteiger partial charge in [0.15, 0.2) is 11.4 Å². The summed E-state index contributed by atoms with van der Waals surface area (Å²) in [7, 11) is 0. The molecule has 0 bridgehead atoms. The van der Waals surface area contributed by atoms with Gasteiger partial charge in [-0.3, -0.25) is 9.59 Å². The molecule has 1 aliphatic rings. The monoisotopic (exact) mass is 433 g/mol. The molecule has 4 nitrogen and oxygen atoms in total. The van der Waals surface area contributed by atoms with Crippen molar-refractivity contribution in [1.29, 1.82) is 0 Å². The van der Waals surface area contributed by atoms with E-state index in [4.69, 9.17) is 11.6 Å². The van der Waals surface area contributed by atoms with Crippen LogP contribution in [0.4, 0.5) is 5.69 Å². The quantitative estimate of drug-likeness (QED) is 0.576. The zero-order chi connectivity index (χ0) is 15.2. The summed E-state index contributed by atoms with van der Waals surface area (Å²) in [5.74, 6) is -0.883. The topological polar surface area (TPSA) is 66.4 Å². The zero-order valence-corrected chi connectivity index (χ0v) is 14.3. The van der Waals surface area contributed by atoms with E-state index in [-0.39, 0.29) is 12.2 Å². The lowest BCUT2D eigenvalue weighted by Crippen LogP contribution is -2.36. The number of aliphatic hydroxyl groups is 1. The molecule has 0 spiro atoms. The van der Waals surface area contributed by atoms with Gasteiger partial charge in [0.2, 0.25) is 0 Å².